The molecule has 1 atom stereocenters. The third kappa shape index (κ3) is 3.35. The van der Waals surface area contributed by atoms with E-state index >= 15 is 0 Å². The molecule has 0 aliphatic heterocycles. The van der Waals surface area contributed by atoms with Gasteiger partial charge in [0.15, 0.2) is 0 Å². The van der Waals surface area contributed by atoms with Gasteiger partial charge in [-0.1, -0.05) is 12.1 Å². The van der Waals surface area contributed by atoms with Gasteiger partial charge in [0.1, 0.15) is 11.6 Å². The molecule has 0 unspecified atom stereocenters. The summed E-state index contributed by atoms with van der Waals surface area (Å²) in [6, 6.07) is 12.8. The van der Waals surface area contributed by atoms with Gasteiger partial charge in [0.2, 0.25) is 0 Å². The van der Waals surface area contributed by atoms with E-state index in [0.29, 0.717) is 11.3 Å². The fraction of sp³-hybridized carbons (Fsp3) is 0.188. The van der Waals surface area contributed by atoms with E-state index < -0.39 is 0 Å². The largest absolute Gasteiger partial charge is 0.497 e. The SMILES string of the molecule is COc1ccc(C(=O)N[C@H](C)c2ccc(F)cc2)cc1. The van der Waals surface area contributed by atoms with Crippen LogP contribution in [0.1, 0.15) is 28.9 Å². The Bertz CT molecular complexity index is 578. The Balaban J connectivity index is 2.04. The molecule has 4 heteroatoms. The predicted molar refractivity (Wildman–Crippen MR) is 75.3 cm³/mol. The van der Waals surface area contributed by atoms with Gasteiger partial charge in [-0.25, -0.2) is 4.39 Å². The lowest BCUT2D eigenvalue weighted by molar-refractivity contribution is 0.0940. The van der Waals surface area contributed by atoms with E-state index in [4.69, 9.17) is 4.74 Å². The Morgan fingerprint density at radius 2 is 1.70 bits per heavy atom. The van der Waals surface area contributed by atoms with Crippen molar-refractivity contribution in [2.24, 2.45) is 0 Å². The van der Waals surface area contributed by atoms with E-state index in [-0.39, 0.29) is 17.8 Å². The minimum atomic E-state index is -0.289. The first kappa shape index (κ1) is 14.1. The maximum atomic E-state index is 12.8. The van der Waals surface area contributed by atoms with Gasteiger partial charge in [0, 0.05) is 5.56 Å². The Morgan fingerprint density at radius 1 is 1.10 bits per heavy atom. The van der Waals surface area contributed by atoms with Crippen molar-refractivity contribution >= 4 is 5.91 Å². The van der Waals surface area contributed by atoms with Crippen LogP contribution in [0.25, 0.3) is 0 Å². The highest BCUT2D eigenvalue weighted by molar-refractivity contribution is 5.94. The highest BCUT2D eigenvalue weighted by atomic mass is 19.1. The van der Waals surface area contributed by atoms with Crippen molar-refractivity contribution in [3.63, 3.8) is 0 Å². The molecule has 2 rings (SSSR count). The zero-order chi connectivity index (χ0) is 14.5. The molecule has 0 heterocycles. The second-order valence-electron chi connectivity index (χ2n) is 4.48. The van der Waals surface area contributed by atoms with Gasteiger partial charge < -0.3 is 10.1 Å². The molecule has 0 fully saturated rings. The molecule has 0 radical (unpaired) electrons. The normalized spacial score (nSPS) is 11.8. The predicted octanol–water partition coefficient (Wildman–Crippen LogP) is 3.33. The van der Waals surface area contributed by atoms with Crippen LogP contribution in [0.2, 0.25) is 0 Å². The van der Waals surface area contributed by atoms with Crippen LogP contribution in [0.4, 0.5) is 4.39 Å². The summed E-state index contributed by atoms with van der Waals surface area (Å²) < 4.78 is 17.9. The zero-order valence-electron chi connectivity index (χ0n) is 11.4. The van der Waals surface area contributed by atoms with E-state index in [0.717, 1.165) is 5.56 Å². The van der Waals surface area contributed by atoms with Crippen LogP contribution in [0.3, 0.4) is 0 Å². The Morgan fingerprint density at radius 3 is 2.25 bits per heavy atom. The summed E-state index contributed by atoms with van der Waals surface area (Å²) in [5.74, 6) is 0.236. The van der Waals surface area contributed by atoms with Crippen LogP contribution in [0.5, 0.6) is 5.75 Å². The van der Waals surface area contributed by atoms with Gasteiger partial charge >= 0.3 is 0 Å². The second kappa shape index (κ2) is 6.19. The van der Waals surface area contributed by atoms with E-state index in [1.165, 1.54) is 12.1 Å². The lowest BCUT2D eigenvalue weighted by atomic mass is 10.1. The van der Waals surface area contributed by atoms with E-state index in [1.807, 2.05) is 6.92 Å². The van der Waals surface area contributed by atoms with Gasteiger partial charge in [0.05, 0.1) is 13.2 Å². The summed E-state index contributed by atoms with van der Waals surface area (Å²) in [6.07, 6.45) is 0. The van der Waals surface area contributed by atoms with E-state index in [1.54, 1.807) is 43.5 Å². The van der Waals surface area contributed by atoms with Gasteiger partial charge in [-0.05, 0) is 48.9 Å². The first-order chi connectivity index (χ1) is 9.60. The number of ether oxygens (including phenoxy) is 1. The Kier molecular flexibility index (Phi) is 4.35. The number of methoxy groups -OCH3 is 1. The smallest absolute Gasteiger partial charge is 0.251 e. The molecule has 0 aliphatic carbocycles. The molecule has 0 spiro atoms. The molecule has 2 aromatic rings. The van der Waals surface area contributed by atoms with Crippen LogP contribution < -0.4 is 10.1 Å². The maximum Gasteiger partial charge on any atom is 0.251 e. The van der Waals surface area contributed by atoms with Crippen molar-refractivity contribution in [1.82, 2.24) is 5.32 Å². The van der Waals surface area contributed by atoms with Crippen LogP contribution >= 0.6 is 0 Å². The molecule has 3 nitrogen and oxygen atoms in total. The van der Waals surface area contributed by atoms with Crippen LogP contribution in [-0.2, 0) is 0 Å². The highest BCUT2D eigenvalue weighted by Crippen LogP contribution is 2.15. The van der Waals surface area contributed by atoms with Crippen molar-refractivity contribution in [1.29, 1.82) is 0 Å². The average Bonchev–Trinajstić information content (AvgIpc) is 2.48. The number of halogens is 1. The van der Waals surface area contributed by atoms with Crippen molar-refractivity contribution in [2.75, 3.05) is 7.11 Å². The average molecular weight is 273 g/mol. The summed E-state index contributed by atoms with van der Waals surface area (Å²) in [7, 11) is 1.58. The molecule has 1 N–H and O–H groups in total. The molecule has 0 aliphatic rings. The number of benzene rings is 2. The molecule has 2 aromatic carbocycles. The van der Waals surface area contributed by atoms with E-state index in [9.17, 15) is 9.18 Å². The monoisotopic (exact) mass is 273 g/mol. The van der Waals surface area contributed by atoms with Gasteiger partial charge in [-0.3, -0.25) is 4.79 Å². The number of hydrogen-bond donors (Lipinski definition) is 1. The van der Waals surface area contributed by atoms with Crippen LogP contribution in [0.15, 0.2) is 48.5 Å². The summed E-state index contributed by atoms with van der Waals surface area (Å²) in [4.78, 5) is 12.1. The standard InChI is InChI=1S/C16H16FNO2/c1-11(12-3-7-14(17)8-4-12)18-16(19)13-5-9-15(20-2)10-6-13/h3-11H,1-2H3,(H,18,19)/t11-/m1/s1. The highest BCUT2D eigenvalue weighted by Gasteiger charge is 2.11. The second-order valence-corrected chi connectivity index (χ2v) is 4.48. The molecule has 104 valence electrons. The van der Waals surface area contributed by atoms with Crippen LogP contribution in [-0.4, -0.2) is 13.0 Å². The summed E-state index contributed by atoms with van der Waals surface area (Å²) >= 11 is 0. The summed E-state index contributed by atoms with van der Waals surface area (Å²) in [5.41, 5.74) is 1.41. The first-order valence-corrected chi connectivity index (χ1v) is 6.30. The van der Waals surface area contributed by atoms with E-state index in [2.05, 4.69) is 5.32 Å². The number of amides is 1. The van der Waals surface area contributed by atoms with Gasteiger partial charge in [0.25, 0.3) is 5.91 Å². The molecule has 0 bridgehead atoms. The third-order valence-corrected chi connectivity index (χ3v) is 3.07. The molecule has 20 heavy (non-hydrogen) atoms. The fourth-order valence-corrected chi connectivity index (χ4v) is 1.86. The molecular formula is C16H16FNO2. The topological polar surface area (TPSA) is 38.3 Å². The minimum absolute atomic E-state index is 0.176. The van der Waals surface area contributed by atoms with Crippen molar-refractivity contribution in [3.05, 3.63) is 65.5 Å². The van der Waals surface area contributed by atoms with Gasteiger partial charge in [-0.2, -0.15) is 0 Å². The first-order valence-electron chi connectivity index (χ1n) is 6.30. The van der Waals surface area contributed by atoms with Gasteiger partial charge in [-0.15, -0.1) is 0 Å². The molecule has 0 saturated heterocycles. The molecule has 0 saturated carbocycles. The fourth-order valence-electron chi connectivity index (χ4n) is 1.86. The van der Waals surface area contributed by atoms with Crippen molar-refractivity contribution in [2.45, 2.75) is 13.0 Å². The van der Waals surface area contributed by atoms with Crippen LogP contribution in [0, 0.1) is 5.82 Å². The number of carbonyl (C=O) groups excluding carboxylic acids is 1. The Hall–Kier alpha value is -2.36. The Labute approximate surface area is 117 Å². The minimum Gasteiger partial charge on any atom is -0.497 e. The lowest BCUT2D eigenvalue weighted by Crippen LogP contribution is -2.26. The lowest BCUT2D eigenvalue weighted by Gasteiger charge is -2.14. The quantitative estimate of drug-likeness (QED) is 0.928. The maximum absolute atomic E-state index is 12.8. The molecule has 1 amide bonds. The summed E-state index contributed by atoms with van der Waals surface area (Å²) in [5, 5.41) is 2.87. The number of nitrogens with one attached hydrogen (secondary N) is 1. The third-order valence-electron chi connectivity index (χ3n) is 3.07. The zero-order valence-corrected chi connectivity index (χ0v) is 11.4. The summed E-state index contributed by atoms with van der Waals surface area (Å²) in [6.45, 7) is 1.86. The van der Waals surface area contributed by atoms with Crippen molar-refractivity contribution < 1.29 is 13.9 Å². The number of rotatable bonds is 4. The molecular weight excluding hydrogens is 257 g/mol. The molecule has 0 aromatic heterocycles. The number of hydrogen-bond acceptors (Lipinski definition) is 2. The van der Waals surface area contributed by atoms with Crippen molar-refractivity contribution in [3.8, 4) is 5.75 Å². The number of carbonyl (C=O) groups is 1.